The van der Waals surface area contributed by atoms with Gasteiger partial charge in [0.05, 0.1) is 12.7 Å². The molecule has 32 heavy (non-hydrogen) atoms. The topological polar surface area (TPSA) is 61.5 Å². The third kappa shape index (κ3) is 3.12. The molecule has 4 fully saturated rings. The molecule has 0 aromatic heterocycles. The molecule has 0 saturated heterocycles. The molecule has 0 unspecified atom stereocenters. The Morgan fingerprint density at radius 2 is 1.53 bits per heavy atom. The molecule has 0 amide bonds. The number of nitrogens with two attached hydrogens (primary N) is 1. The average Bonchev–Trinajstić information content (AvgIpc) is 2.81. The van der Waals surface area contributed by atoms with E-state index in [0.717, 1.165) is 45.4 Å². The van der Waals surface area contributed by atoms with Gasteiger partial charge in [-0.05, 0) is 114 Å². The summed E-state index contributed by atoms with van der Waals surface area (Å²) in [5.74, 6) is 8.17. The number of fused-ring (bicyclic) bond motifs is 1. The molecule has 164 valence electrons. The van der Waals surface area contributed by atoms with Crippen molar-refractivity contribution >= 4 is 16.7 Å². The van der Waals surface area contributed by atoms with E-state index in [1.54, 1.807) is 13.2 Å². The molecule has 4 aliphatic carbocycles. The van der Waals surface area contributed by atoms with Crippen molar-refractivity contribution in [2.75, 3.05) is 7.11 Å². The Labute approximate surface area is 188 Å². The van der Waals surface area contributed by atoms with E-state index in [0.29, 0.717) is 11.0 Å². The minimum atomic E-state index is -0.527. The predicted molar refractivity (Wildman–Crippen MR) is 125 cm³/mol. The van der Waals surface area contributed by atoms with Gasteiger partial charge in [0.2, 0.25) is 0 Å². The minimum Gasteiger partial charge on any atom is -0.496 e. The predicted octanol–water partition coefficient (Wildman–Crippen LogP) is 6.01. The van der Waals surface area contributed by atoms with E-state index in [-0.39, 0.29) is 0 Å². The van der Waals surface area contributed by atoms with Crippen LogP contribution in [0.15, 0.2) is 54.6 Å². The maximum Gasteiger partial charge on any atom is 0.356 e. The number of carbonyl (C=O) groups is 1. The molecule has 2 N–H and O–H groups in total. The summed E-state index contributed by atoms with van der Waals surface area (Å²) in [6.07, 6.45) is 8.40. The highest BCUT2D eigenvalue weighted by Crippen LogP contribution is 2.61. The number of carbonyl (C=O) groups excluding carboxylic acids is 1. The summed E-state index contributed by atoms with van der Waals surface area (Å²) in [7, 11) is 1.75. The van der Waals surface area contributed by atoms with Gasteiger partial charge in [-0.2, -0.15) is 5.90 Å². The van der Waals surface area contributed by atoms with Gasteiger partial charge in [-0.25, -0.2) is 4.79 Å². The second-order valence-corrected chi connectivity index (χ2v) is 10.3. The number of benzene rings is 3. The van der Waals surface area contributed by atoms with Gasteiger partial charge in [-0.15, -0.1) is 0 Å². The van der Waals surface area contributed by atoms with Crippen molar-refractivity contribution in [3.05, 3.63) is 65.7 Å². The van der Waals surface area contributed by atoms with Crippen LogP contribution in [0.1, 0.15) is 54.4 Å². The minimum absolute atomic E-state index is 0.351. The van der Waals surface area contributed by atoms with Gasteiger partial charge < -0.3 is 9.57 Å². The van der Waals surface area contributed by atoms with Crippen LogP contribution in [0, 0.1) is 17.8 Å². The van der Waals surface area contributed by atoms with E-state index in [9.17, 15) is 4.79 Å². The Kier molecular flexibility index (Phi) is 4.55. The van der Waals surface area contributed by atoms with Crippen molar-refractivity contribution in [3.8, 4) is 16.9 Å². The van der Waals surface area contributed by atoms with E-state index in [4.69, 9.17) is 10.6 Å². The lowest BCUT2D eigenvalue weighted by molar-refractivity contribution is -0.00518. The highest BCUT2D eigenvalue weighted by molar-refractivity contribution is 5.96. The summed E-state index contributed by atoms with van der Waals surface area (Å²) in [6.45, 7) is 0. The zero-order valence-corrected chi connectivity index (χ0v) is 18.5. The smallest absolute Gasteiger partial charge is 0.356 e. The first-order valence-electron chi connectivity index (χ1n) is 11.7. The third-order valence-corrected chi connectivity index (χ3v) is 8.34. The van der Waals surface area contributed by atoms with E-state index in [1.165, 1.54) is 44.1 Å². The van der Waals surface area contributed by atoms with E-state index in [1.807, 2.05) is 12.1 Å². The van der Waals surface area contributed by atoms with Crippen molar-refractivity contribution in [2.45, 2.75) is 43.9 Å². The van der Waals surface area contributed by atoms with Crippen molar-refractivity contribution in [1.29, 1.82) is 0 Å². The van der Waals surface area contributed by atoms with Crippen LogP contribution in [-0.2, 0) is 10.3 Å². The van der Waals surface area contributed by atoms with E-state index in [2.05, 4.69) is 41.2 Å². The van der Waals surface area contributed by atoms with E-state index >= 15 is 0 Å². The molecule has 3 aromatic rings. The monoisotopic (exact) mass is 427 g/mol. The molecule has 0 atom stereocenters. The first-order valence-corrected chi connectivity index (χ1v) is 11.7. The summed E-state index contributed by atoms with van der Waals surface area (Å²) in [6, 6.07) is 18.7. The molecule has 4 bridgehead atoms. The summed E-state index contributed by atoms with van der Waals surface area (Å²) in [5, 5.41) is 2.05. The summed E-state index contributed by atoms with van der Waals surface area (Å²) < 4.78 is 5.78. The van der Waals surface area contributed by atoms with Crippen LogP contribution in [0.2, 0.25) is 0 Å². The zero-order chi connectivity index (χ0) is 21.9. The Bertz CT molecular complexity index is 1180. The quantitative estimate of drug-likeness (QED) is 0.518. The van der Waals surface area contributed by atoms with Crippen molar-refractivity contribution in [1.82, 2.24) is 0 Å². The van der Waals surface area contributed by atoms with Crippen LogP contribution >= 0.6 is 0 Å². The van der Waals surface area contributed by atoms with Crippen molar-refractivity contribution < 1.29 is 14.4 Å². The van der Waals surface area contributed by atoms with Gasteiger partial charge in [0.15, 0.2) is 0 Å². The Hall–Kier alpha value is -2.85. The second kappa shape index (κ2) is 7.35. The van der Waals surface area contributed by atoms with E-state index < -0.39 is 5.97 Å². The molecule has 0 spiro atoms. The van der Waals surface area contributed by atoms with Crippen LogP contribution in [0.25, 0.3) is 21.9 Å². The first-order chi connectivity index (χ1) is 15.6. The fourth-order valence-corrected chi connectivity index (χ4v) is 7.34. The Morgan fingerprint density at radius 1 is 0.875 bits per heavy atom. The number of hydrogen-bond acceptors (Lipinski definition) is 4. The highest BCUT2D eigenvalue weighted by Gasteiger charge is 2.51. The molecule has 7 rings (SSSR count). The molecule has 4 aliphatic rings. The largest absolute Gasteiger partial charge is 0.496 e. The number of methoxy groups -OCH3 is 1. The summed E-state index contributed by atoms with van der Waals surface area (Å²) in [5.41, 5.74) is 4.58. The molecule has 4 saturated carbocycles. The van der Waals surface area contributed by atoms with Crippen LogP contribution in [0.5, 0.6) is 5.75 Å². The standard InChI is InChI=1S/C28H29NO3/c1-31-26-7-6-24(28-14-17-8-18(15-28)10-19(9-17)16-28)13-25(26)22-4-2-21-12-23(27(30)32-29)5-3-20(21)11-22/h2-7,11-13,17-19H,8-10,14-16,29H2,1H3. The normalized spacial score (nSPS) is 28.1. The Balaban J connectivity index is 1.41. The van der Waals surface area contributed by atoms with Crippen LogP contribution < -0.4 is 10.6 Å². The van der Waals surface area contributed by atoms with Gasteiger partial charge in [-0.3, -0.25) is 0 Å². The molecular formula is C28H29NO3. The maximum absolute atomic E-state index is 11.8. The molecule has 0 heterocycles. The fraction of sp³-hybridized carbons (Fsp3) is 0.393. The molecule has 0 aliphatic heterocycles. The molecule has 0 radical (unpaired) electrons. The third-order valence-electron chi connectivity index (χ3n) is 8.34. The lowest BCUT2D eigenvalue weighted by Crippen LogP contribution is -2.48. The summed E-state index contributed by atoms with van der Waals surface area (Å²) in [4.78, 5) is 16.1. The van der Waals surface area contributed by atoms with Gasteiger partial charge in [0, 0.05) is 5.56 Å². The molecular weight excluding hydrogens is 398 g/mol. The number of rotatable bonds is 4. The van der Waals surface area contributed by atoms with Crippen molar-refractivity contribution in [3.63, 3.8) is 0 Å². The fourth-order valence-electron chi connectivity index (χ4n) is 7.34. The summed E-state index contributed by atoms with van der Waals surface area (Å²) >= 11 is 0. The molecule has 4 nitrogen and oxygen atoms in total. The maximum atomic E-state index is 11.8. The Morgan fingerprint density at radius 3 is 2.19 bits per heavy atom. The van der Waals surface area contributed by atoms with Gasteiger partial charge in [0.1, 0.15) is 5.75 Å². The lowest BCUT2D eigenvalue weighted by atomic mass is 9.48. The number of ether oxygens (including phenoxy) is 1. The highest BCUT2D eigenvalue weighted by atomic mass is 16.7. The first kappa shape index (κ1) is 19.8. The van der Waals surface area contributed by atoms with Gasteiger partial charge in [-0.1, -0.05) is 24.3 Å². The molecule has 3 aromatic carbocycles. The van der Waals surface area contributed by atoms with Gasteiger partial charge >= 0.3 is 5.97 Å². The van der Waals surface area contributed by atoms with Crippen LogP contribution in [0.4, 0.5) is 0 Å². The van der Waals surface area contributed by atoms with Crippen LogP contribution in [0.3, 0.4) is 0 Å². The average molecular weight is 428 g/mol. The zero-order valence-electron chi connectivity index (χ0n) is 18.5. The lowest BCUT2D eigenvalue weighted by Gasteiger charge is -2.57. The molecule has 4 heteroatoms. The van der Waals surface area contributed by atoms with Crippen LogP contribution in [-0.4, -0.2) is 13.1 Å². The van der Waals surface area contributed by atoms with Crippen molar-refractivity contribution in [2.24, 2.45) is 23.7 Å². The van der Waals surface area contributed by atoms with Gasteiger partial charge in [0.25, 0.3) is 0 Å². The number of hydrogen-bond donors (Lipinski definition) is 1. The SMILES string of the molecule is COc1ccc(C23CC4CC(CC(C4)C2)C3)cc1-c1ccc2cc(C(=O)ON)ccc2c1. The second-order valence-electron chi connectivity index (χ2n) is 10.3.